The summed E-state index contributed by atoms with van der Waals surface area (Å²) in [6.45, 7) is 9.14. The van der Waals surface area contributed by atoms with Crippen molar-refractivity contribution in [3.63, 3.8) is 0 Å². The first-order valence-electron chi connectivity index (χ1n) is 12.4. The predicted molar refractivity (Wildman–Crippen MR) is 136 cm³/mol. The van der Waals surface area contributed by atoms with Crippen LogP contribution in [0.5, 0.6) is 0 Å². The van der Waals surface area contributed by atoms with Gasteiger partial charge in [-0.15, -0.1) is 0 Å². The lowest BCUT2D eigenvalue weighted by Crippen LogP contribution is -2.52. The van der Waals surface area contributed by atoms with Crippen molar-refractivity contribution < 1.29 is 4.79 Å². The van der Waals surface area contributed by atoms with Crippen molar-refractivity contribution in [3.8, 4) is 0 Å². The van der Waals surface area contributed by atoms with Crippen molar-refractivity contribution in [2.75, 3.05) is 0 Å². The van der Waals surface area contributed by atoms with Gasteiger partial charge in [0.15, 0.2) is 0 Å². The van der Waals surface area contributed by atoms with Crippen LogP contribution in [0.2, 0.25) is 5.02 Å². The lowest BCUT2D eigenvalue weighted by Gasteiger charge is -2.47. The van der Waals surface area contributed by atoms with Crippen molar-refractivity contribution in [1.82, 2.24) is 4.90 Å². The molecule has 0 saturated heterocycles. The van der Waals surface area contributed by atoms with Gasteiger partial charge >= 0.3 is 0 Å². The molecule has 2 saturated carbocycles. The van der Waals surface area contributed by atoms with Gasteiger partial charge in [0.25, 0.3) is 5.91 Å². The fraction of sp³-hybridized carbons (Fsp3) is 0.517. The molecule has 2 aromatic rings. The molecular weight excluding hydrogens is 428 g/mol. The average Bonchev–Trinajstić information content (AvgIpc) is 3.57. The van der Waals surface area contributed by atoms with Gasteiger partial charge in [-0.05, 0) is 80.4 Å². The molecule has 0 bridgehead atoms. The lowest BCUT2D eigenvalue weighted by molar-refractivity contribution is -0.134. The van der Waals surface area contributed by atoms with E-state index in [1.54, 1.807) is 0 Å². The maximum absolute atomic E-state index is 14.1. The molecule has 3 nitrogen and oxygen atoms in total. The fourth-order valence-corrected chi connectivity index (χ4v) is 6.12. The van der Waals surface area contributed by atoms with E-state index in [0.717, 1.165) is 31.2 Å². The molecule has 2 aromatic carbocycles. The maximum atomic E-state index is 14.1. The largest absolute Gasteiger partial charge is 0.305 e. The minimum atomic E-state index is -0.450. The van der Waals surface area contributed by atoms with E-state index in [9.17, 15) is 4.79 Å². The molecule has 1 aliphatic heterocycles. The molecule has 0 N–H and O–H groups in total. The molecule has 1 spiro atoms. The average molecular weight is 463 g/mol. The molecule has 2 aliphatic carbocycles. The molecule has 5 rings (SSSR count). The Kier molecular flexibility index (Phi) is 5.68. The number of rotatable bonds is 4. The van der Waals surface area contributed by atoms with E-state index in [1.807, 2.05) is 24.3 Å². The number of hydrogen-bond acceptors (Lipinski definition) is 2. The standard InChI is InChI=1S/C29H35ClN2O/c1-19-8-10-20(11-9-19)26(21-12-13-21)32-27(33)25(22-6-5-7-24(30)18-22)31-29(32)16-14-23(15-17-29)28(2,3)4/h5-11,18,21,23,26H,12-17H2,1-4H3. The van der Waals surface area contributed by atoms with Crippen molar-refractivity contribution in [3.05, 3.63) is 70.2 Å². The first-order valence-corrected chi connectivity index (χ1v) is 12.8. The summed E-state index contributed by atoms with van der Waals surface area (Å²) in [5.74, 6) is 1.25. The second-order valence-corrected chi connectivity index (χ2v) is 11.9. The van der Waals surface area contributed by atoms with Crippen molar-refractivity contribution >= 4 is 23.2 Å². The minimum Gasteiger partial charge on any atom is -0.305 e. The van der Waals surface area contributed by atoms with Crippen LogP contribution >= 0.6 is 11.6 Å². The van der Waals surface area contributed by atoms with Gasteiger partial charge < -0.3 is 4.90 Å². The number of carbonyl (C=O) groups is 1. The summed E-state index contributed by atoms with van der Waals surface area (Å²) in [5, 5.41) is 0.643. The Bertz CT molecular complexity index is 1070. The summed E-state index contributed by atoms with van der Waals surface area (Å²) < 4.78 is 0. The van der Waals surface area contributed by atoms with Crippen LogP contribution in [0.25, 0.3) is 0 Å². The topological polar surface area (TPSA) is 32.7 Å². The van der Waals surface area contributed by atoms with Crippen LogP contribution in [0.1, 0.15) is 82.0 Å². The van der Waals surface area contributed by atoms with E-state index in [4.69, 9.17) is 16.6 Å². The van der Waals surface area contributed by atoms with Crippen molar-refractivity contribution in [2.45, 2.75) is 77.9 Å². The highest BCUT2D eigenvalue weighted by atomic mass is 35.5. The second kappa shape index (κ2) is 8.27. The Hall–Kier alpha value is -2.13. The molecule has 4 heteroatoms. The van der Waals surface area contributed by atoms with Gasteiger partial charge in [0.2, 0.25) is 0 Å². The number of halogens is 1. The molecule has 1 unspecified atom stereocenters. The number of nitrogens with zero attached hydrogens (tertiary/aromatic N) is 2. The maximum Gasteiger partial charge on any atom is 0.275 e. The molecule has 0 radical (unpaired) electrons. The van der Waals surface area contributed by atoms with Crippen molar-refractivity contribution in [2.24, 2.45) is 22.2 Å². The molecule has 2 fully saturated rings. The highest BCUT2D eigenvalue weighted by molar-refractivity contribution is 6.47. The number of amides is 1. The molecule has 174 valence electrons. The van der Waals surface area contributed by atoms with Crippen LogP contribution in [0, 0.1) is 24.2 Å². The first-order chi connectivity index (χ1) is 15.7. The summed E-state index contributed by atoms with van der Waals surface area (Å²) in [6.07, 6.45) is 6.42. The van der Waals surface area contributed by atoms with Gasteiger partial charge in [-0.3, -0.25) is 9.79 Å². The second-order valence-electron chi connectivity index (χ2n) is 11.5. The number of aryl methyl sites for hydroxylation is 1. The fourth-order valence-electron chi connectivity index (χ4n) is 5.93. The van der Waals surface area contributed by atoms with E-state index >= 15 is 0 Å². The zero-order valence-corrected chi connectivity index (χ0v) is 21.0. The zero-order valence-electron chi connectivity index (χ0n) is 20.3. The summed E-state index contributed by atoms with van der Waals surface area (Å²) in [7, 11) is 0. The van der Waals surface area contributed by atoms with Gasteiger partial charge in [0, 0.05) is 10.6 Å². The monoisotopic (exact) mass is 462 g/mol. The van der Waals surface area contributed by atoms with Crippen LogP contribution < -0.4 is 0 Å². The van der Waals surface area contributed by atoms with E-state index < -0.39 is 5.66 Å². The zero-order chi connectivity index (χ0) is 23.4. The minimum absolute atomic E-state index is 0.0731. The summed E-state index contributed by atoms with van der Waals surface area (Å²) in [4.78, 5) is 21.6. The number of benzene rings is 2. The number of carbonyl (C=O) groups excluding carboxylic acids is 1. The van der Waals surface area contributed by atoms with Crippen LogP contribution in [0.15, 0.2) is 53.5 Å². The Morgan fingerprint density at radius 3 is 2.27 bits per heavy atom. The van der Waals surface area contributed by atoms with Crippen LogP contribution in [0.3, 0.4) is 0 Å². The third kappa shape index (κ3) is 4.25. The SMILES string of the molecule is Cc1ccc(C(C2CC2)N2C(=O)C(c3cccc(Cl)c3)=NC23CCC(C(C)(C)C)CC3)cc1. The van der Waals surface area contributed by atoms with E-state index in [-0.39, 0.29) is 17.4 Å². The van der Waals surface area contributed by atoms with Crippen LogP contribution in [-0.2, 0) is 4.79 Å². The third-order valence-electron chi connectivity index (χ3n) is 8.06. The lowest BCUT2D eigenvalue weighted by atomic mass is 9.69. The third-order valence-corrected chi connectivity index (χ3v) is 8.30. The van der Waals surface area contributed by atoms with E-state index in [0.29, 0.717) is 22.6 Å². The molecule has 1 amide bonds. The van der Waals surface area contributed by atoms with Crippen molar-refractivity contribution in [1.29, 1.82) is 0 Å². The normalized spacial score (nSPS) is 26.6. The molecular formula is C29H35ClN2O. The Morgan fingerprint density at radius 1 is 1.03 bits per heavy atom. The summed E-state index contributed by atoms with van der Waals surface area (Å²) in [6, 6.07) is 16.5. The molecule has 0 aromatic heterocycles. The van der Waals surface area contributed by atoms with Gasteiger partial charge in [-0.25, -0.2) is 0 Å². The Balaban J connectivity index is 1.57. The molecule has 3 aliphatic rings. The quantitative estimate of drug-likeness (QED) is 0.467. The van der Waals surface area contributed by atoms with Crippen LogP contribution in [0.4, 0.5) is 0 Å². The molecule has 1 atom stereocenters. The van der Waals surface area contributed by atoms with Gasteiger partial charge in [0.05, 0.1) is 6.04 Å². The Morgan fingerprint density at radius 2 is 1.70 bits per heavy atom. The van der Waals surface area contributed by atoms with Gasteiger partial charge in [-0.2, -0.15) is 0 Å². The smallest absolute Gasteiger partial charge is 0.275 e. The first kappa shape index (κ1) is 22.7. The predicted octanol–water partition coefficient (Wildman–Crippen LogP) is 7.36. The van der Waals surface area contributed by atoms with Gasteiger partial charge in [0.1, 0.15) is 11.4 Å². The summed E-state index contributed by atoms with van der Waals surface area (Å²) in [5.41, 5.74) is 3.75. The molecule has 33 heavy (non-hydrogen) atoms. The van der Waals surface area contributed by atoms with Crippen LogP contribution in [-0.4, -0.2) is 22.2 Å². The Labute approximate surface area is 203 Å². The highest BCUT2D eigenvalue weighted by Crippen LogP contribution is 2.54. The number of aliphatic imine (C=N–C) groups is 1. The van der Waals surface area contributed by atoms with E-state index in [1.165, 1.54) is 24.0 Å². The summed E-state index contributed by atoms with van der Waals surface area (Å²) >= 11 is 6.31. The molecule has 1 heterocycles. The van der Waals surface area contributed by atoms with Gasteiger partial charge in [-0.1, -0.05) is 74.3 Å². The number of hydrogen-bond donors (Lipinski definition) is 0. The highest BCUT2D eigenvalue weighted by Gasteiger charge is 2.55. The van der Waals surface area contributed by atoms with E-state index in [2.05, 4.69) is 56.9 Å².